The molecule has 0 bridgehead atoms. The number of methoxy groups -OCH3 is 2. The molecule has 0 saturated carbocycles. The van der Waals surface area contributed by atoms with Crippen LogP contribution in [0.15, 0.2) is 72.8 Å². The van der Waals surface area contributed by atoms with E-state index in [1.54, 1.807) is 20.3 Å². The van der Waals surface area contributed by atoms with E-state index in [9.17, 15) is 5.11 Å². The summed E-state index contributed by atoms with van der Waals surface area (Å²) in [6.07, 6.45) is 1.85. The summed E-state index contributed by atoms with van der Waals surface area (Å²) in [5.74, 6) is 2.17. The Morgan fingerprint density at radius 2 is 1.62 bits per heavy atom. The Bertz CT molecular complexity index is 1110. The SMILES string of the molecule is CCOc1cccc(C2C=C(c3cccc(OC)c3)NC(c3cccc(OC)c3)N2)c1O. The van der Waals surface area contributed by atoms with Gasteiger partial charge in [0.2, 0.25) is 0 Å². The Balaban J connectivity index is 1.78. The van der Waals surface area contributed by atoms with Crippen LogP contribution in [0.4, 0.5) is 0 Å². The number of benzene rings is 3. The first kappa shape index (κ1) is 21.6. The van der Waals surface area contributed by atoms with Gasteiger partial charge >= 0.3 is 0 Å². The van der Waals surface area contributed by atoms with Crippen LogP contribution in [0.2, 0.25) is 0 Å². The van der Waals surface area contributed by atoms with Crippen molar-refractivity contribution in [3.8, 4) is 23.0 Å². The van der Waals surface area contributed by atoms with E-state index < -0.39 is 0 Å². The molecule has 1 aliphatic heterocycles. The third kappa shape index (κ3) is 4.50. The van der Waals surface area contributed by atoms with Crippen molar-refractivity contribution in [1.82, 2.24) is 10.6 Å². The van der Waals surface area contributed by atoms with Crippen LogP contribution < -0.4 is 24.8 Å². The highest BCUT2D eigenvalue weighted by molar-refractivity contribution is 5.68. The fraction of sp³-hybridized carbons (Fsp3) is 0.231. The van der Waals surface area contributed by atoms with Crippen LogP contribution in [0, 0.1) is 0 Å². The molecule has 6 nitrogen and oxygen atoms in total. The van der Waals surface area contributed by atoms with E-state index >= 15 is 0 Å². The molecule has 3 aromatic rings. The third-order valence-electron chi connectivity index (χ3n) is 5.45. The molecule has 0 amide bonds. The number of ether oxygens (including phenoxy) is 3. The molecular weight excluding hydrogens is 404 g/mol. The van der Waals surface area contributed by atoms with E-state index in [1.807, 2.05) is 67.6 Å². The number of aromatic hydroxyl groups is 1. The molecule has 3 aromatic carbocycles. The monoisotopic (exact) mass is 432 g/mol. The van der Waals surface area contributed by atoms with E-state index in [1.165, 1.54) is 0 Å². The van der Waals surface area contributed by atoms with Gasteiger partial charge in [-0.25, -0.2) is 0 Å². The molecule has 0 aliphatic carbocycles. The van der Waals surface area contributed by atoms with Crippen LogP contribution in [0.1, 0.15) is 35.8 Å². The van der Waals surface area contributed by atoms with Crippen LogP contribution in [-0.2, 0) is 0 Å². The Morgan fingerprint density at radius 3 is 2.38 bits per heavy atom. The summed E-state index contributed by atoms with van der Waals surface area (Å²) in [7, 11) is 3.31. The highest BCUT2D eigenvalue weighted by Crippen LogP contribution is 2.38. The zero-order valence-electron chi connectivity index (χ0n) is 18.5. The third-order valence-corrected chi connectivity index (χ3v) is 5.45. The molecule has 1 aliphatic rings. The quantitative estimate of drug-likeness (QED) is 0.499. The van der Waals surface area contributed by atoms with Crippen LogP contribution in [0.3, 0.4) is 0 Å². The van der Waals surface area contributed by atoms with Crippen LogP contribution in [0.5, 0.6) is 23.0 Å². The summed E-state index contributed by atoms with van der Waals surface area (Å²) < 4.78 is 16.4. The van der Waals surface area contributed by atoms with E-state index in [2.05, 4.69) is 16.7 Å². The molecule has 1 heterocycles. The largest absolute Gasteiger partial charge is 0.504 e. The molecule has 2 atom stereocenters. The maximum atomic E-state index is 10.9. The van der Waals surface area contributed by atoms with Gasteiger partial charge in [0.05, 0.1) is 26.9 Å². The number of hydrogen-bond donors (Lipinski definition) is 3. The molecule has 0 fully saturated rings. The van der Waals surface area contributed by atoms with E-state index in [0.717, 1.165) is 33.9 Å². The van der Waals surface area contributed by atoms with Crippen molar-refractivity contribution in [2.24, 2.45) is 0 Å². The second-order valence-corrected chi connectivity index (χ2v) is 7.44. The minimum Gasteiger partial charge on any atom is -0.504 e. The lowest BCUT2D eigenvalue weighted by molar-refractivity contribution is 0.314. The number of hydrogen-bond acceptors (Lipinski definition) is 6. The fourth-order valence-electron chi connectivity index (χ4n) is 3.85. The molecule has 166 valence electrons. The van der Waals surface area contributed by atoms with Gasteiger partial charge in [0.1, 0.15) is 17.7 Å². The average molecular weight is 433 g/mol. The van der Waals surface area contributed by atoms with Crippen molar-refractivity contribution in [2.75, 3.05) is 20.8 Å². The first-order chi connectivity index (χ1) is 15.6. The Labute approximate surface area is 188 Å². The van der Waals surface area contributed by atoms with Gasteiger partial charge in [-0.15, -0.1) is 0 Å². The molecule has 2 unspecified atom stereocenters. The van der Waals surface area contributed by atoms with E-state index in [0.29, 0.717) is 12.4 Å². The summed E-state index contributed by atoms with van der Waals surface area (Å²) in [5, 5.41) is 18.1. The Morgan fingerprint density at radius 1 is 0.906 bits per heavy atom. The van der Waals surface area contributed by atoms with Crippen molar-refractivity contribution >= 4 is 5.70 Å². The minimum absolute atomic E-state index is 0.138. The van der Waals surface area contributed by atoms with Gasteiger partial charge in [-0.1, -0.05) is 36.4 Å². The summed E-state index contributed by atoms with van der Waals surface area (Å²) in [4.78, 5) is 0. The van der Waals surface area contributed by atoms with Gasteiger partial charge < -0.3 is 24.6 Å². The first-order valence-electron chi connectivity index (χ1n) is 10.6. The maximum Gasteiger partial charge on any atom is 0.162 e. The second kappa shape index (κ2) is 9.66. The van der Waals surface area contributed by atoms with Crippen molar-refractivity contribution < 1.29 is 19.3 Å². The van der Waals surface area contributed by atoms with E-state index in [-0.39, 0.29) is 18.0 Å². The Kier molecular flexibility index (Phi) is 6.52. The molecule has 0 aromatic heterocycles. The molecule has 0 spiro atoms. The Hall–Kier alpha value is -3.64. The van der Waals surface area contributed by atoms with Crippen LogP contribution in [0.25, 0.3) is 5.70 Å². The summed E-state index contributed by atoms with van der Waals surface area (Å²) in [6, 6.07) is 21.1. The standard InChI is InChI=1S/C26H28N2O4/c1-4-32-24-13-7-12-21(25(24)29)23-16-22(17-8-5-10-19(14-17)30-2)27-26(28-23)18-9-6-11-20(15-18)31-3/h5-16,23,26-29H,4H2,1-3H3. The molecule has 4 rings (SSSR count). The first-order valence-corrected chi connectivity index (χ1v) is 10.6. The fourth-order valence-corrected chi connectivity index (χ4v) is 3.85. The molecule has 3 N–H and O–H groups in total. The summed E-state index contributed by atoms with van der Waals surface area (Å²) in [6.45, 7) is 2.38. The van der Waals surface area contributed by atoms with Crippen molar-refractivity contribution in [2.45, 2.75) is 19.1 Å². The van der Waals surface area contributed by atoms with Gasteiger partial charge in [-0.3, -0.25) is 5.32 Å². The molecular formula is C26H28N2O4. The lowest BCUT2D eigenvalue weighted by Crippen LogP contribution is -2.39. The molecule has 6 heteroatoms. The normalized spacial score (nSPS) is 17.8. The minimum atomic E-state index is -0.256. The lowest BCUT2D eigenvalue weighted by Gasteiger charge is -2.33. The number of phenols is 1. The predicted octanol–water partition coefficient (Wildman–Crippen LogP) is 4.78. The molecule has 0 radical (unpaired) electrons. The highest BCUT2D eigenvalue weighted by atomic mass is 16.5. The van der Waals surface area contributed by atoms with Crippen molar-refractivity contribution in [1.29, 1.82) is 0 Å². The van der Waals surface area contributed by atoms with Gasteiger partial charge in [0.25, 0.3) is 0 Å². The number of para-hydroxylation sites is 1. The summed E-state index contributed by atoms with van der Waals surface area (Å²) in [5.41, 5.74) is 3.68. The zero-order valence-corrected chi connectivity index (χ0v) is 18.5. The topological polar surface area (TPSA) is 72.0 Å². The lowest BCUT2D eigenvalue weighted by atomic mass is 9.97. The number of rotatable bonds is 7. The number of phenolic OH excluding ortho intramolecular Hbond substituents is 1. The smallest absolute Gasteiger partial charge is 0.162 e. The number of nitrogens with one attached hydrogen (secondary N) is 2. The summed E-state index contributed by atoms with van der Waals surface area (Å²) >= 11 is 0. The second-order valence-electron chi connectivity index (χ2n) is 7.44. The van der Waals surface area contributed by atoms with Crippen LogP contribution >= 0.6 is 0 Å². The van der Waals surface area contributed by atoms with Gasteiger partial charge in [0, 0.05) is 16.8 Å². The van der Waals surface area contributed by atoms with Crippen molar-refractivity contribution in [3.63, 3.8) is 0 Å². The van der Waals surface area contributed by atoms with E-state index in [4.69, 9.17) is 14.2 Å². The molecule has 0 saturated heterocycles. The average Bonchev–Trinajstić information content (AvgIpc) is 2.85. The van der Waals surface area contributed by atoms with Crippen molar-refractivity contribution in [3.05, 3.63) is 89.5 Å². The highest BCUT2D eigenvalue weighted by Gasteiger charge is 2.27. The van der Waals surface area contributed by atoms with Gasteiger partial charge in [-0.2, -0.15) is 0 Å². The van der Waals surface area contributed by atoms with Gasteiger partial charge in [0.15, 0.2) is 11.5 Å². The maximum absolute atomic E-state index is 10.9. The van der Waals surface area contributed by atoms with Gasteiger partial charge in [-0.05, 0) is 48.9 Å². The van der Waals surface area contributed by atoms with Crippen LogP contribution in [-0.4, -0.2) is 25.9 Å². The predicted molar refractivity (Wildman–Crippen MR) is 125 cm³/mol. The molecule has 32 heavy (non-hydrogen) atoms. The zero-order chi connectivity index (χ0) is 22.5.